The lowest BCUT2D eigenvalue weighted by atomic mass is 9.82. The fourth-order valence-corrected chi connectivity index (χ4v) is 6.74. The standard InChI is InChI=1S/C31H43N2O3.BrH/c1-31(27-13-6-4-7-14-27,32-19-10-2-3-11-20-32)30(34)36-29-25-33(22-17-26(29)18-23-33)21-12-24-35-28-15-8-5-9-16-28;/h4-9,13-16,26,29H,2-3,10-12,17-25H2,1H3;1H/q+1;/p-1/t26?,29-,31?,33?;/m0./s1. The molecular formula is C31H43BrN2O3. The van der Waals surface area contributed by atoms with Gasteiger partial charge in [-0.2, -0.15) is 0 Å². The van der Waals surface area contributed by atoms with Crippen LogP contribution in [0.15, 0.2) is 60.7 Å². The number of hydrogen-bond acceptors (Lipinski definition) is 4. The van der Waals surface area contributed by atoms with Crippen LogP contribution in [-0.4, -0.2) is 67.3 Å². The number of benzene rings is 2. The van der Waals surface area contributed by atoms with E-state index < -0.39 is 5.54 Å². The maximum absolute atomic E-state index is 14.1. The SMILES string of the molecule is CC(C(=O)O[C@H]1C[N+]2(CCCOc3ccccc3)CCC1CC2)(c1ccccc1)N1CCCCCC1.[Br-]. The summed E-state index contributed by atoms with van der Waals surface area (Å²) in [7, 11) is 0. The third-order valence-corrected chi connectivity index (χ3v) is 9.06. The summed E-state index contributed by atoms with van der Waals surface area (Å²) in [5.74, 6) is 1.38. The Balaban J connectivity index is 0.00000320. The molecule has 1 unspecified atom stereocenters. The van der Waals surface area contributed by atoms with Gasteiger partial charge >= 0.3 is 5.97 Å². The van der Waals surface area contributed by atoms with Gasteiger partial charge in [0.05, 0.1) is 26.2 Å². The quantitative estimate of drug-likeness (QED) is 0.264. The number of likely N-dealkylation sites (tertiary alicyclic amines) is 1. The van der Waals surface area contributed by atoms with E-state index in [1.54, 1.807) is 0 Å². The number of halogens is 1. The maximum Gasteiger partial charge on any atom is 0.331 e. The van der Waals surface area contributed by atoms with Gasteiger partial charge in [-0.15, -0.1) is 0 Å². The average Bonchev–Trinajstić information content (AvgIpc) is 3.23. The normalized spacial score (nSPS) is 27.4. The third-order valence-electron chi connectivity index (χ3n) is 9.06. The summed E-state index contributed by atoms with van der Waals surface area (Å²) in [5.41, 5.74) is 0.325. The number of piperidine rings is 3. The van der Waals surface area contributed by atoms with Crippen LogP contribution in [0.1, 0.15) is 57.4 Å². The van der Waals surface area contributed by atoms with Gasteiger partial charge in [0.2, 0.25) is 0 Å². The highest BCUT2D eigenvalue weighted by Crippen LogP contribution is 2.38. The molecule has 4 heterocycles. The lowest BCUT2D eigenvalue weighted by Gasteiger charge is -2.52. The minimum absolute atomic E-state index is 0. The van der Waals surface area contributed by atoms with E-state index in [-0.39, 0.29) is 29.1 Å². The summed E-state index contributed by atoms with van der Waals surface area (Å²) < 4.78 is 13.5. The number of hydrogen-bond donors (Lipinski definition) is 0. The molecule has 202 valence electrons. The molecule has 0 saturated carbocycles. The zero-order chi connectivity index (χ0) is 24.8. The largest absolute Gasteiger partial charge is 1.00 e. The van der Waals surface area contributed by atoms with Gasteiger partial charge in [-0.05, 0) is 50.6 Å². The summed E-state index contributed by atoms with van der Waals surface area (Å²) in [6.07, 6.45) is 8.14. The van der Waals surface area contributed by atoms with Crippen LogP contribution in [0.2, 0.25) is 0 Å². The topological polar surface area (TPSA) is 38.8 Å². The second-order valence-electron chi connectivity index (χ2n) is 11.3. The van der Waals surface area contributed by atoms with Crippen molar-refractivity contribution < 1.29 is 35.7 Å². The van der Waals surface area contributed by atoms with Gasteiger partial charge in [-0.3, -0.25) is 4.90 Å². The maximum atomic E-state index is 14.1. The van der Waals surface area contributed by atoms with Crippen LogP contribution in [0.25, 0.3) is 0 Å². The number of para-hydroxylation sites is 1. The Morgan fingerprint density at radius 2 is 1.57 bits per heavy atom. The first-order valence-corrected chi connectivity index (χ1v) is 14.1. The second-order valence-corrected chi connectivity index (χ2v) is 11.3. The minimum Gasteiger partial charge on any atom is -1.00 e. The van der Waals surface area contributed by atoms with Crippen molar-refractivity contribution in [3.63, 3.8) is 0 Å². The molecule has 6 heteroatoms. The smallest absolute Gasteiger partial charge is 0.331 e. The Hall–Kier alpha value is -1.89. The molecule has 0 amide bonds. The van der Waals surface area contributed by atoms with Gasteiger partial charge in [0.15, 0.2) is 6.10 Å². The number of carbonyl (C=O) groups excluding carboxylic acids is 1. The fraction of sp³-hybridized carbons (Fsp3) is 0.581. The first-order chi connectivity index (χ1) is 17.6. The Bertz CT molecular complexity index is 972. The molecule has 0 aromatic heterocycles. The van der Waals surface area contributed by atoms with Gasteiger partial charge < -0.3 is 30.9 Å². The Morgan fingerprint density at radius 1 is 0.946 bits per heavy atom. The predicted molar refractivity (Wildman–Crippen MR) is 143 cm³/mol. The van der Waals surface area contributed by atoms with E-state index in [9.17, 15) is 4.79 Å². The third kappa shape index (κ3) is 6.40. The van der Waals surface area contributed by atoms with Crippen LogP contribution in [0.3, 0.4) is 0 Å². The van der Waals surface area contributed by atoms with E-state index in [2.05, 4.69) is 24.0 Å². The van der Waals surface area contributed by atoms with Crippen LogP contribution < -0.4 is 21.7 Å². The second kappa shape index (κ2) is 12.8. The predicted octanol–water partition coefficient (Wildman–Crippen LogP) is 2.40. The van der Waals surface area contributed by atoms with Crippen LogP contribution in [-0.2, 0) is 15.1 Å². The highest BCUT2D eigenvalue weighted by Gasteiger charge is 2.50. The number of fused-ring (bicyclic) bond motifs is 3. The van der Waals surface area contributed by atoms with E-state index in [0.29, 0.717) is 5.92 Å². The van der Waals surface area contributed by atoms with E-state index in [4.69, 9.17) is 9.47 Å². The molecule has 0 N–H and O–H groups in total. The summed E-state index contributed by atoms with van der Waals surface area (Å²) >= 11 is 0. The molecule has 2 aromatic rings. The molecule has 2 atom stereocenters. The van der Waals surface area contributed by atoms with E-state index in [1.165, 1.54) is 25.9 Å². The minimum atomic E-state index is -0.730. The molecule has 0 spiro atoms. The number of rotatable bonds is 9. The van der Waals surface area contributed by atoms with Crippen molar-refractivity contribution >= 4 is 5.97 Å². The summed E-state index contributed by atoms with van der Waals surface area (Å²) in [6.45, 7) is 9.19. The van der Waals surface area contributed by atoms with Crippen molar-refractivity contribution in [2.75, 3.05) is 45.9 Å². The average molecular weight is 572 g/mol. The molecule has 6 rings (SSSR count). The van der Waals surface area contributed by atoms with Crippen LogP contribution >= 0.6 is 0 Å². The van der Waals surface area contributed by atoms with Crippen molar-refractivity contribution in [2.45, 2.75) is 63.5 Å². The molecule has 37 heavy (non-hydrogen) atoms. The van der Waals surface area contributed by atoms with Gasteiger partial charge in [0.25, 0.3) is 0 Å². The molecule has 4 fully saturated rings. The van der Waals surface area contributed by atoms with Crippen molar-refractivity contribution in [2.24, 2.45) is 5.92 Å². The van der Waals surface area contributed by atoms with Gasteiger partial charge in [-0.1, -0.05) is 61.4 Å². The molecule has 2 bridgehead atoms. The van der Waals surface area contributed by atoms with Crippen molar-refractivity contribution in [3.8, 4) is 5.75 Å². The fourth-order valence-electron chi connectivity index (χ4n) is 6.74. The molecule has 2 aromatic carbocycles. The van der Waals surface area contributed by atoms with Crippen molar-refractivity contribution in [1.82, 2.24) is 4.90 Å². The van der Waals surface area contributed by atoms with Crippen molar-refractivity contribution in [1.29, 1.82) is 0 Å². The number of nitrogens with zero attached hydrogens (tertiary/aromatic N) is 2. The molecule has 4 aliphatic rings. The number of quaternary nitrogens is 1. The molecule has 0 radical (unpaired) electrons. The van der Waals surface area contributed by atoms with Crippen LogP contribution in [0, 0.1) is 5.92 Å². The summed E-state index contributed by atoms with van der Waals surface area (Å²) in [4.78, 5) is 16.4. The van der Waals surface area contributed by atoms with Gasteiger partial charge in [0.1, 0.15) is 17.8 Å². The van der Waals surface area contributed by atoms with Crippen LogP contribution in [0.5, 0.6) is 5.75 Å². The van der Waals surface area contributed by atoms with E-state index in [0.717, 1.165) is 80.7 Å². The molecule has 0 aliphatic carbocycles. The van der Waals surface area contributed by atoms with E-state index >= 15 is 0 Å². The number of carbonyl (C=O) groups is 1. The highest BCUT2D eigenvalue weighted by atomic mass is 79.9. The number of ether oxygens (including phenoxy) is 2. The van der Waals surface area contributed by atoms with E-state index in [1.807, 2.05) is 48.5 Å². The molecule has 5 nitrogen and oxygen atoms in total. The lowest BCUT2D eigenvalue weighted by Crippen LogP contribution is -3.00. The van der Waals surface area contributed by atoms with Crippen LogP contribution in [0.4, 0.5) is 0 Å². The molecule has 4 aliphatic heterocycles. The summed E-state index contributed by atoms with van der Waals surface area (Å²) in [6, 6.07) is 20.4. The molecule has 4 saturated heterocycles. The Kier molecular flexibility index (Phi) is 9.71. The van der Waals surface area contributed by atoms with Crippen molar-refractivity contribution in [3.05, 3.63) is 66.2 Å². The first kappa shape index (κ1) is 28.1. The lowest BCUT2D eigenvalue weighted by molar-refractivity contribution is -0.946. The Labute approximate surface area is 233 Å². The highest BCUT2D eigenvalue weighted by molar-refractivity contribution is 5.82. The first-order valence-electron chi connectivity index (χ1n) is 14.1. The summed E-state index contributed by atoms with van der Waals surface area (Å²) in [5, 5.41) is 0. The van der Waals surface area contributed by atoms with Gasteiger partial charge in [-0.25, -0.2) is 4.79 Å². The Morgan fingerprint density at radius 3 is 2.22 bits per heavy atom. The monoisotopic (exact) mass is 570 g/mol. The van der Waals surface area contributed by atoms with Gasteiger partial charge in [0, 0.05) is 25.2 Å². The molecular weight excluding hydrogens is 528 g/mol. The number of esters is 1. The zero-order valence-electron chi connectivity index (χ0n) is 22.3. The zero-order valence-corrected chi connectivity index (χ0v) is 23.9.